The van der Waals surface area contributed by atoms with Gasteiger partial charge in [0.15, 0.2) is 0 Å². The van der Waals surface area contributed by atoms with Gasteiger partial charge in [0.25, 0.3) is 0 Å². The van der Waals surface area contributed by atoms with Crippen LogP contribution in [0.15, 0.2) is 30.3 Å². The average molecular weight is 194 g/mol. The maximum Gasteiger partial charge on any atom is 0.243 e. The van der Waals surface area contributed by atoms with E-state index in [1.54, 1.807) is 5.48 Å². The zero-order valence-electron chi connectivity index (χ0n) is 7.81. The molecule has 1 amide bonds. The lowest BCUT2D eigenvalue weighted by Crippen LogP contribution is -2.24. The van der Waals surface area contributed by atoms with Crippen LogP contribution in [0.5, 0.6) is 0 Å². The molecule has 0 aliphatic carbocycles. The third-order valence-corrected chi connectivity index (χ3v) is 2.11. The summed E-state index contributed by atoms with van der Waals surface area (Å²) in [5.41, 5.74) is 8.16. The molecule has 4 N–H and O–H groups in total. The highest BCUT2D eigenvalue weighted by atomic mass is 16.5. The zero-order valence-corrected chi connectivity index (χ0v) is 7.81. The third-order valence-electron chi connectivity index (χ3n) is 2.11. The molecule has 0 aliphatic rings. The van der Waals surface area contributed by atoms with E-state index in [1.807, 2.05) is 30.3 Å². The number of hydrogen-bond donors (Lipinski definition) is 3. The van der Waals surface area contributed by atoms with Crippen molar-refractivity contribution in [1.82, 2.24) is 5.48 Å². The molecule has 1 aromatic rings. The number of nitrogens with one attached hydrogen (secondary N) is 1. The van der Waals surface area contributed by atoms with E-state index in [1.165, 1.54) is 0 Å². The van der Waals surface area contributed by atoms with E-state index in [-0.39, 0.29) is 12.3 Å². The van der Waals surface area contributed by atoms with Crippen LogP contribution in [-0.2, 0) is 4.79 Å². The molecule has 0 aromatic heterocycles. The Morgan fingerprint density at radius 3 is 2.57 bits per heavy atom. The third kappa shape index (κ3) is 2.83. The number of amides is 1. The minimum Gasteiger partial charge on any atom is -0.330 e. The summed E-state index contributed by atoms with van der Waals surface area (Å²) in [6.07, 6.45) is 0.205. The van der Waals surface area contributed by atoms with E-state index in [0.29, 0.717) is 6.54 Å². The monoisotopic (exact) mass is 194 g/mol. The molecule has 0 heterocycles. The van der Waals surface area contributed by atoms with Gasteiger partial charge in [0.05, 0.1) is 0 Å². The highest BCUT2D eigenvalue weighted by molar-refractivity contribution is 5.75. The largest absolute Gasteiger partial charge is 0.330 e. The van der Waals surface area contributed by atoms with Crippen LogP contribution in [0, 0.1) is 0 Å². The van der Waals surface area contributed by atoms with E-state index >= 15 is 0 Å². The highest BCUT2D eigenvalue weighted by Gasteiger charge is 2.13. The number of hydrogen-bond acceptors (Lipinski definition) is 3. The molecule has 0 radical (unpaired) electrons. The Bertz CT molecular complexity index is 287. The second kappa shape index (κ2) is 5.36. The van der Waals surface area contributed by atoms with Gasteiger partial charge in [0.2, 0.25) is 5.91 Å². The highest BCUT2D eigenvalue weighted by Crippen LogP contribution is 2.17. The first-order chi connectivity index (χ1) is 6.77. The molecule has 14 heavy (non-hydrogen) atoms. The summed E-state index contributed by atoms with van der Waals surface area (Å²) in [6, 6.07) is 9.54. The van der Waals surface area contributed by atoms with E-state index in [0.717, 1.165) is 5.56 Å². The number of benzene rings is 1. The summed E-state index contributed by atoms with van der Waals surface area (Å²) in [5.74, 6) is -0.451. The van der Waals surface area contributed by atoms with Crippen LogP contribution in [0.4, 0.5) is 0 Å². The van der Waals surface area contributed by atoms with Gasteiger partial charge in [0, 0.05) is 12.3 Å². The average Bonchev–Trinajstić information content (AvgIpc) is 2.26. The first-order valence-corrected chi connectivity index (χ1v) is 4.46. The SMILES string of the molecule is NCC(CC(=O)NO)c1ccccc1. The summed E-state index contributed by atoms with van der Waals surface area (Å²) in [4.78, 5) is 10.9. The van der Waals surface area contributed by atoms with E-state index in [2.05, 4.69) is 0 Å². The van der Waals surface area contributed by atoms with E-state index in [9.17, 15) is 4.79 Å². The number of nitrogens with two attached hydrogens (primary N) is 1. The van der Waals surface area contributed by atoms with Gasteiger partial charge in [0.1, 0.15) is 0 Å². The fraction of sp³-hybridized carbons (Fsp3) is 0.300. The molecule has 0 aliphatic heterocycles. The Labute approximate surface area is 82.7 Å². The van der Waals surface area contributed by atoms with Crippen molar-refractivity contribution < 1.29 is 10.0 Å². The second-order valence-electron chi connectivity index (χ2n) is 3.08. The maximum atomic E-state index is 10.9. The van der Waals surface area contributed by atoms with Gasteiger partial charge < -0.3 is 5.73 Å². The van der Waals surface area contributed by atoms with E-state index < -0.39 is 5.91 Å². The number of carbonyl (C=O) groups is 1. The number of hydroxylamine groups is 1. The quantitative estimate of drug-likeness (QED) is 0.486. The molecular weight excluding hydrogens is 180 g/mol. The van der Waals surface area contributed by atoms with Crippen molar-refractivity contribution in [2.75, 3.05) is 6.54 Å². The van der Waals surface area contributed by atoms with Gasteiger partial charge in [-0.2, -0.15) is 0 Å². The zero-order chi connectivity index (χ0) is 10.4. The van der Waals surface area contributed by atoms with Crippen LogP contribution in [0.25, 0.3) is 0 Å². The van der Waals surface area contributed by atoms with Crippen LogP contribution in [0.1, 0.15) is 17.9 Å². The molecule has 4 heteroatoms. The van der Waals surface area contributed by atoms with Crippen LogP contribution in [-0.4, -0.2) is 17.7 Å². The van der Waals surface area contributed by atoms with Crippen LogP contribution < -0.4 is 11.2 Å². The smallest absolute Gasteiger partial charge is 0.243 e. The van der Waals surface area contributed by atoms with Gasteiger partial charge >= 0.3 is 0 Å². The lowest BCUT2D eigenvalue weighted by atomic mass is 9.96. The van der Waals surface area contributed by atoms with Gasteiger partial charge in [-0.1, -0.05) is 30.3 Å². The first-order valence-electron chi connectivity index (χ1n) is 4.46. The molecule has 0 saturated carbocycles. The molecule has 76 valence electrons. The van der Waals surface area contributed by atoms with Gasteiger partial charge in [-0.15, -0.1) is 0 Å². The maximum absolute atomic E-state index is 10.9. The van der Waals surface area contributed by atoms with Crippen molar-refractivity contribution in [1.29, 1.82) is 0 Å². The number of rotatable bonds is 4. The van der Waals surface area contributed by atoms with Crippen LogP contribution >= 0.6 is 0 Å². The van der Waals surface area contributed by atoms with Gasteiger partial charge in [-0.05, 0) is 12.1 Å². The molecule has 0 fully saturated rings. The van der Waals surface area contributed by atoms with Crippen molar-refractivity contribution in [3.8, 4) is 0 Å². The first kappa shape index (κ1) is 10.7. The Hall–Kier alpha value is -1.39. The normalized spacial score (nSPS) is 12.1. The predicted octanol–water partition coefficient (Wildman–Crippen LogP) is 0.624. The molecular formula is C10H14N2O2. The lowest BCUT2D eigenvalue weighted by molar-refractivity contribution is -0.129. The van der Waals surface area contributed by atoms with Crippen molar-refractivity contribution in [2.45, 2.75) is 12.3 Å². The Kier molecular flexibility index (Phi) is 4.10. The Morgan fingerprint density at radius 2 is 2.07 bits per heavy atom. The lowest BCUT2D eigenvalue weighted by Gasteiger charge is -2.13. The Morgan fingerprint density at radius 1 is 1.43 bits per heavy atom. The van der Waals surface area contributed by atoms with Crippen molar-refractivity contribution in [3.63, 3.8) is 0 Å². The van der Waals surface area contributed by atoms with E-state index in [4.69, 9.17) is 10.9 Å². The summed E-state index contributed by atoms with van der Waals surface area (Å²) < 4.78 is 0. The standard InChI is InChI=1S/C10H14N2O2/c11-7-9(6-10(13)12-14)8-4-2-1-3-5-8/h1-5,9,14H,6-7,11H2,(H,12,13). The van der Waals surface area contributed by atoms with Gasteiger partial charge in [-0.25, -0.2) is 5.48 Å². The molecule has 0 bridgehead atoms. The van der Waals surface area contributed by atoms with Crippen molar-refractivity contribution in [2.24, 2.45) is 5.73 Å². The summed E-state index contributed by atoms with van der Waals surface area (Å²) in [5, 5.41) is 8.39. The molecule has 0 spiro atoms. The molecule has 1 aromatic carbocycles. The minimum absolute atomic E-state index is 0.0386. The summed E-state index contributed by atoms with van der Waals surface area (Å²) in [6.45, 7) is 0.386. The minimum atomic E-state index is -0.413. The fourth-order valence-electron chi connectivity index (χ4n) is 1.33. The van der Waals surface area contributed by atoms with Crippen LogP contribution in [0.2, 0.25) is 0 Å². The topological polar surface area (TPSA) is 75.4 Å². The predicted molar refractivity (Wildman–Crippen MR) is 52.8 cm³/mol. The molecule has 4 nitrogen and oxygen atoms in total. The van der Waals surface area contributed by atoms with Crippen molar-refractivity contribution in [3.05, 3.63) is 35.9 Å². The summed E-state index contributed by atoms with van der Waals surface area (Å²) in [7, 11) is 0. The molecule has 1 rings (SSSR count). The van der Waals surface area contributed by atoms with Crippen molar-refractivity contribution >= 4 is 5.91 Å². The molecule has 1 atom stereocenters. The van der Waals surface area contributed by atoms with Crippen LogP contribution in [0.3, 0.4) is 0 Å². The second-order valence-corrected chi connectivity index (χ2v) is 3.08. The number of carbonyl (C=O) groups excluding carboxylic acids is 1. The van der Waals surface area contributed by atoms with Gasteiger partial charge in [-0.3, -0.25) is 10.0 Å². The molecule has 0 saturated heterocycles. The molecule has 1 unspecified atom stereocenters. The Balaban J connectivity index is 2.68. The summed E-state index contributed by atoms with van der Waals surface area (Å²) >= 11 is 0. The fourth-order valence-corrected chi connectivity index (χ4v) is 1.33.